The maximum atomic E-state index is 11.1. The van der Waals surface area contributed by atoms with Crippen LogP contribution in [0.15, 0.2) is 23.1 Å². The molecule has 96 valence electrons. The van der Waals surface area contributed by atoms with Crippen LogP contribution < -0.4 is 19.7 Å². The fraction of sp³-hybridized carbons (Fsp3) is 0.143. The van der Waals surface area contributed by atoms with Crippen molar-refractivity contribution in [3.8, 4) is 5.75 Å². The van der Waals surface area contributed by atoms with E-state index in [-0.39, 0.29) is 16.3 Å². The second-order valence-corrected chi connectivity index (χ2v) is 5.88. The second-order valence-electron chi connectivity index (χ2n) is 3.06. The SMILES string of the molecule is COc1cc(NS(N)(=O)=O)ccc1S(N)(=O)=O. The predicted molar refractivity (Wildman–Crippen MR) is 61.1 cm³/mol. The summed E-state index contributed by atoms with van der Waals surface area (Å²) in [6.45, 7) is 0. The molecule has 0 saturated carbocycles. The van der Waals surface area contributed by atoms with Crippen molar-refractivity contribution < 1.29 is 21.6 Å². The van der Waals surface area contributed by atoms with Gasteiger partial charge in [-0.2, -0.15) is 8.42 Å². The van der Waals surface area contributed by atoms with Gasteiger partial charge in [0.15, 0.2) is 0 Å². The van der Waals surface area contributed by atoms with Crippen molar-refractivity contribution in [2.24, 2.45) is 10.3 Å². The van der Waals surface area contributed by atoms with Crippen LogP contribution in [0.2, 0.25) is 0 Å². The zero-order valence-corrected chi connectivity index (χ0v) is 10.4. The monoisotopic (exact) mass is 281 g/mol. The Hall–Kier alpha value is -1.36. The summed E-state index contributed by atoms with van der Waals surface area (Å²) in [5, 5.41) is 9.70. The third kappa shape index (κ3) is 3.85. The largest absolute Gasteiger partial charge is 0.495 e. The number of hydrogen-bond donors (Lipinski definition) is 3. The Kier molecular flexibility index (Phi) is 3.62. The van der Waals surface area contributed by atoms with Gasteiger partial charge in [0, 0.05) is 6.07 Å². The number of methoxy groups -OCH3 is 1. The highest BCUT2D eigenvalue weighted by molar-refractivity contribution is 7.90. The number of nitrogens with one attached hydrogen (secondary N) is 1. The summed E-state index contributed by atoms with van der Waals surface area (Å²) in [5.74, 6) is -0.0823. The molecule has 1 aromatic carbocycles. The number of hydrogen-bond acceptors (Lipinski definition) is 5. The Morgan fingerprint density at radius 3 is 2.18 bits per heavy atom. The van der Waals surface area contributed by atoms with Crippen LogP contribution in [0.5, 0.6) is 5.75 Å². The molecule has 10 heteroatoms. The number of rotatable bonds is 4. The zero-order valence-electron chi connectivity index (χ0n) is 8.74. The minimum atomic E-state index is -3.94. The number of nitrogens with two attached hydrogens (primary N) is 2. The zero-order chi connectivity index (χ0) is 13.3. The topological polar surface area (TPSA) is 142 Å². The molecule has 0 saturated heterocycles. The quantitative estimate of drug-likeness (QED) is 0.646. The standard InChI is InChI=1S/C7H11N3O5S2/c1-15-6-4-5(10-17(9,13)14)2-3-7(6)16(8,11)12/h2-4,10H,1H3,(H2,8,11,12)(H2,9,13,14). The van der Waals surface area contributed by atoms with Gasteiger partial charge >= 0.3 is 0 Å². The van der Waals surface area contributed by atoms with Crippen LogP contribution in [0.4, 0.5) is 5.69 Å². The first-order chi connectivity index (χ1) is 7.63. The van der Waals surface area contributed by atoms with Crippen molar-refractivity contribution in [2.45, 2.75) is 4.90 Å². The molecule has 0 aliphatic rings. The maximum absolute atomic E-state index is 11.1. The highest BCUT2D eigenvalue weighted by atomic mass is 32.2. The Bertz CT molecular complexity index is 623. The van der Waals surface area contributed by atoms with E-state index in [4.69, 9.17) is 15.0 Å². The Balaban J connectivity index is 3.28. The molecule has 0 bridgehead atoms. The van der Waals surface area contributed by atoms with E-state index >= 15 is 0 Å². The Morgan fingerprint density at radius 2 is 1.76 bits per heavy atom. The van der Waals surface area contributed by atoms with Gasteiger partial charge in [0.25, 0.3) is 10.2 Å². The van der Waals surface area contributed by atoms with Gasteiger partial charge in [0.05, 0.1) is 12.8 Å². The van der Waals surface area contributed by atoms with Gasteiger partial charge in [0.2, 0.25) is 10.0 Å². The average Bonchev–Trinajstić information content (AvgIpc) is 2.13. The molecule has 0 radical (unpaired) electrons. The summed E-state index contributed by atoms with van der Waals surface area (Å²) < 4.78 is 50.6. The van der Waals surface area contributed by atoms with Crippen LogP contribution in [-0.4, -0.2) is 23.9 Å². The van der Waals surface area contributed by atoms with Gasteiger partial charge in [-0.05, 0) is 12.1 Å². The molecule has 0 atom stereocenters. The highest BCUT2D eigenvalue weighted by Crippen LogP contribution is 2.26. The summed E-state index contributed by atoms with van der Waals surface area (Å²) in [7, 11) is -6.65. The maximum Gasteiger partial charge on any atom is 0.296 e. The third-order valence-corrected chi connectivity index (χ3v) is 3.20. The molecule has 5 N–H and O–H groups in total. The highest BCUT2D eigenvalue weighted by Gasteiger charge is 2.16. The number of primary sulfonamides is 1. The molecule has 0 fully saturated rings. The van der Waals surface area contributed by atoms with E-state index in [1.807, 2.05) is 4.72 Å². The van der Waals surface area contributed by atoms with Crippen molar-refractivity contribution >= 4 is 25.9 Å². The van der Waals surface area contributed by atoms with Crippen LogP contribution in [0.25, 0.3) is 0 Å². The van der Waals surface area contributed by atoms with E-state index in [9.17, 15) is 16.8 Å². The summed E-state index contributed by atoms with van der Waals surface area (Å²) >= 11 is 0. The molecule has 17 heavy (non-hydrogen) atoms. The van der Waals surface area contributed by atoms with Crippen molar-refractivity contribution in [2.75, 3.05) is 11.8 Å². The lowest BCUT2D eigenvalue weighted by Crippen LogP contribution is -2.22. The molecular weight excluding hydrogens is 270 g/mol. The van der Waals surface area contributed by atoms with Crippen LogP contribution in [-0.2, 0) is 20.2 Å². The van der Waals surface area contributed by atoms with Crippen LogP contribution in [0.3, 0.4) is 0 Å². The van der Waals surface area contributed by atoms with Crippen molar-refractivity contribution in [1.82, 2.24) is 0 Å². The molecule has 0 unspecified atom stereocenters. The van der Waals surface area contributed by atoms with Crippen molar-refractivity contribution in [3.63, 3.8) is 0 Å². The lowest BCUT2D eigenvalue weighted by molar-refractivity contribution is 0.403. The van der Waals surface area contributed by atoms with E-state index < -0.39 is 20.2 Å². The van der Waals surface area contributed by atoms with Crippen molar-refractivity contribution in [1.29, 1.82) is 0 Å². The molecule has 0 heterocycles. The minimum absolute atomic E-state index is 0.0664. The fourth-order valence-electron chi connectivity index (χ4n) is 1.13. The van der Waals surface area contributed by atoms with E-state index in [0.717, 1.165) is 12.1 Å². The fourth-order valence-corrected chi connectivity index (χ4v) is 2.27. The first kappa shape index (κ1) is 13.7. The molecule has 1 rings (SSSR count). The van der Waals surface area contributed by atoms with E-state index in [0.29, 0.717) is 0 Å². The lowest BCUT2D eigenvalue weighted by atomic mass is 10.3. The summed E-state index contributed by atoms with van der Waals surface area (Å²) in [6.07, 6.45) is 0. The summed E-state index contributed by atoms with van der Waals surface area (Å²) in [6, 6.07) is 3.47. The second kappa shape index (κ2) is 4.49. The number of benzene rings is 1. The lowest BCUT2D eigenvalue weighted by Gasteiger charge is -2.09. The molecular formula is C7H11N3O5S2. The number of anilines is 1. The van der Waals surface area contributed by atoms with E-state index in [1.165, 1.54) is 13.2 Å². The average molecular weight is 281 g/mol. The Morgan fingerprint density at radius 1 is 1.18 bits per heavy atom. The normalized spacial score (nSPS) is 12.2. The molecule has 8 nitrogen and oxygen atoms in total. The third-order valence-electron chi connectivity index (χ3n) is 1.73. The van der Waals surface area contributed by atoms with Gasteiger partial charge in [-0.15, -0.1) is 0 Å². The van der Waals surface area contributed by atoms with Gasteiger partial charge in [-0.1, -0.05) is 0 Å². The van der Waals surface area contributed by atoms with Crippen LogP contribution >= 0.6 is 0 Å². The van der Waals surface area contributed by atoms with Gasteiger partial charge in [-0.25, -0.2) is 18.7 Å². The smallest absolute Gasteiger partial charge is 0.296 e. The first-order valence-corrected chi connectivity index (χ1v) is 7.24. The molecule has 0 aromatic heterocycles. The molecule has 1 aromatic rings. The molecule has 0 aliphatic heterocycles. The predicted octanol–water partition coefficient (Wildman–Crippen LogP) is -1.04. The van der Waals surface area contributed by atoms with Crippen LogP contribution in [0, 0.1) is 0 Å². The minimum Gasteiger partial charge on any atom is -0.495 e. The Labute approximate surface area is 98.8 Å². The number of sulfonamides is 1. The van der Waals surface area contributed by atoms with Gasteiger partial charge < -0.3 is 4.74 Å². The molecule has 0 aliphatic carbocycles. The van der Waals surface area contributed by atoms with E-state index in [2.05, 4.69) is 0 Å². The van der Waals surface area contributed by atoms with E-state index in [1.54, 1.807) is 0 Å². The number of ether oxygens (including phenoxy) is 1. The summed E-state index contributed by atoms with van der Waals surface area (Å²) in [5.41, 5.74) is 0.0664. The van der Waals surface area contributed by atoms with Gasteiger partial charge in [-0.3, -0.25) is 4.72 Å². The van der Waals surface area contributed by atoms with Crippen molar-refractivity contribution in [3.05, 3.63) is 18.2 Å². The van der Waals surface area contributed by atoms with Crippen LogP contribution in [0.1, 0.15) is 0 Å². The first-order valence-electron chi connectivity index (χ1n) is 4.15. The van der Waals surface area contributed by atoms with Gasteiger partial charge in [0.1, 0.15) is 10.6 Å². The molecule has 0 amide bonds. The summed E-state index contributed by atoms with van der Waals surface area (Å²) in [4.78, 5) is -0.250. The molecule has 0 spiro atoms.